The summed E-state index contributed by atoms with van der Waals surface area (Å²) in [4.78, 5) is 11.7. The quantitative estimate of drug-likeness (QED) is 0.690. The van der Waals surface area contributed by atoms with Crippen molar-refractivity contribution in [3.63, 3.8) is 0 Å². The smallest absolute Gasteiger partial charge is 0.242 e. The summed E-state index contributed by atoms with van der Waals surface area (Å²) >= 11 is 0. The Morgan fingerprint density at radius 3 is 2.43 bits per heavy atom. The number of sulfonamides is 1. The van der Waals surface area contributed by atoms with E-state index in [1.54, 1.807) is 20.9 Å². The maximum absolute atomic E-state index is 11.7. The van der Waals surface area contributed by atoms with E-state index in [2.05, 4.69) is 5.32 Å². The monoisotopic (exact) mass is 220 g/mol. The highest BCUT2D eigenvalue weighted by Crippen LogP contribution is 2.31. The third-order valence-electron chi connectivity index (χ3n) is 2.25. The number of hydrogen-bond acceptors (Lipinski definition) is 4. The van der Waals surface area contributed by atoms with Gasteiger partial charge in [0.25, 0.3) is 0 Å². The van der Waals surface area contributed by atoms with Crippen LogP contribution in [-0.4, -0.2) is 44.5 Å². The van der Waals surface area contributed by atoms with Gasteiger partial charge in [-0.15, -0.1) is 0 Å². The van der Waals surface area contributed by atoms with Crippen molar-refractivity contribution >= 4 is 15.9 Å². The van der Waals surface area contributed by atoms with Gasteiger partial charge in [-0.3, -0.25) is 4.79 Å². The maximum Gasteiger partial charge on any atom is 0.242 e. The van der Waals surface area contributed by atoms with Crippen LogP contribution >= 0.6 is 0 Å². The molecule has 0 radical (unpaired) electrons. The maximum atomic E-state index is 11.7. The number of likely N-dealkylation sites (N-methyl/N-ethyl adjacent to an activating group) is 1. The van der Waals surface area contributed by atoms with Crippen molar-refractivity contribution in [2.24, 2.45) is 5.41 Å². The van der Waals surface area contributed by atoms with Gasteiger partial charge in [0.1, 0.15) is 0 Å². The average molecular weight is 220 g/mol. The third kappa shape index (κ3) is 1.90. The summed E-state index contributed by atoms with van der Waals surface area (Å²) < 4.78 is 24.1. The molecule has 0 atom stereocenters. The summed E-state index contributed by atoms with van der Waals surface area (Å²) in [7, 11) is -1.65. The predicted molar refractivity (Wildman–Crippen MR) is 53.2 cm³/mol. The van der Waals surface area contributed by atoms with Gasteiger partial charge in [0, 0.05) is 13.1 Å². The molecule has 1 N–H and O–H groups in total. The van der Waals surface area contributed by atoms with Crippen LogP contribution in [0.5, 0.6) is 0 Å². The van der Waals surface area contributed by atoms with Crippen LogP contribution < -0.4 is 5.32 Å². The molecule has 0 bridgehead atoms. The highest BCUT2D eigenvalue weighted by Gasteiger charge is 2.48. The Labute approximate surface area is 84.5 Å². The largest absolute Gasteiger partial charge is 0.318 e. The summed E-state index contributed by atoms with van der Waals surface area (Å²) in [5.41, 5.74) is -0.771. The van der Waals surface area contributed by atoms with Crippen molar-refractivity contribution < 1.29 is 13.2 Å². The van der Waals surface area contributed by atoms with E-state index >= 15 is 0 Å². The van der Waals surface area contributed by atoms with Gasteiger partial charge in [0.15, 0.2) is 0 Å². The molecule has 1 fully saturated rings. The zero-order valence-electron chi connectivity index (χ0n) is 8.70. The van der Waals surface area contributed by atoms with Gasteiger partial charge in [0.05, 0.1) is 11.2 Å². The van der Waals surface area contributed by atoms with Crippen LogP contribution in [0.1, 0.15) is 13.8 Å². The van der Waals surface area contributed by atoms with Crippen LogP contribution in [-0.2, 0) is 14.8 Å². The third-order valence-corrected chi connectivity index (χ3v) is 4.36. The Bertz CT molecular complexity index is 334. The van der Waals surface area contributed by atoms with Crippen LogP contribution in [0.4, 0.5) is 0 Å². The second kappa shape index (κ2) is 3.51. The zero-order valence-corrected chi connectivity index (χ0v) is 9.52. The van der Waals surface area contributed by atoms with E-state index in [1.165, 1.54) is 0 Å². The number of rotatable bonds is 3. The molecule has 6 heteroatoms. The lowest BCUT2D eigenvalue weighted by Crippen LogP contribution is -2.37. The summed E-state index contributed by atoms with van der Waals surface area (Å²) in [6.45, 7) is 4.03. The highest BCUT2D eigenvalue weighted by atomic mass is 32.2. The number of carbonyl (C=O) groups excluding carboxylic acids is 1. The fourth-order valence-corrected chi connectivity index (χ4v) is 3.57. The van der Waals surface area contributed by atoms with Crippen molar-refractivity contribution in [1.29, 1.82) is 0 Å². The molecule has 82 valence electrons. The second-order valence-corrected chi connectivity index (χ2v) is 6.01. The van der Waals surface area contributed by atoms with E-state index in [0.29, 0.717) is 6.54 Å². The molecule has 5 nitrogen and oxygen atoms in total. The molecular formula is C8H16N2O3S. The van der Waals surface area contributed by atoms with Crippen LogP contribution in [0, 0.1) is 5.41 Å². The van der Waals surface area contributed by atoms with Crippen LogP contribution in [0.25, 0.3) is 0 Å². The summed E-state index contributed by atoms with van der Waals surface area (Å²) in [6.07, 6.45) is 0. The molecule has 0 aromatic rings. The SMILES string of the molecule is CNCCN1C(=O)C(C)(C)CS1(=O)=O. The van der Waals surface area contributed by atoms with Gasteiger partial charge in [-0.25, -0.2) is 12.7 Å². The lowest BCUT2D eigenvalue weighted by molar-refractivity contribution is -0.132. The molecule has 1 heterocycles. The number of carbonyl (C=O) groups is 1. The fraction of sp³-hybridized carbons (Fsp3) is 0.875. The van der Waals surface area contributed by atoms with Gasteiger partial charge in [-0.2, -0.15) is 0 Å². The van der Waals surface area contributed by atoms with Gasteiger partial charge in [-0.1, -0.05) is 0 Å². The van der Waals surface area contributed by atoms with Gasteiger partial charge in [-0.05, 0) is 20.9 Å². The van der Waals surface area contributed by atoms with Crippen molar-refractivity contribution in [3.05, 3.63) is 0 Å². The average Bonchev–Trinajstić information content (AvgIpc) is 2.16. The fourth-order valence-electron chi connectivity index (χ4n) is 1.51. The predicted octanol–water partition coefficient (Wildman–Crippen LogP) is -0.596. The van der Waals surface area contributed by atoms with Crippen LogP contribution in [0.3, 0.4) is 0 Å². The molecule has 0 aromatic carbocycles. The van der Waals surface area contributed by atoms with E-state index in [0.717, 1.165) is 4.31 Å². The molecule has 0 unspecified atom stereocenters. The molecule has 0 spiro atoms. The zero-order chi connectivity index (χ0) is 11.0. The van der Waals surface area contributed by atoms with Crippen LogP contribution in [0.2, 0.25) is 0 Å². The number of hydrogen-bond donors (Lipinski definition) is 1. The first-order valence-corrected chi connectivity index (χ1v) is 6.11. The standard InChI is InChI=1S/C8H16N2O3S/c1-8(2)6-14(12,13)10(7(8)11)5-4-9-3/h9H,4-6H2,1-3H3. The minimum absolute atomic E-state index is 0.0808. The Morgan fingerprint density at radius 1 is 1.50 bits per heavy atom. The van der Waals surface area contributed by atoms with E-state index in [9.17, 15) is 13.2 Å². The number of nitrogens with zero attached hydrogens (tertiary/aromatic N) is 1. The molecule has 0 saturated carbocycles. The molecule has 1 aliphatic heterocycles. The van der Waals surface area contributed by atoms with E-state index in [1.807, 2.05) is 0 Å². The highest BCUT2D eigenvalue weighted by molar-refractivity contribution is 7.90. The molecule has 1 aliphatic rings. The topological polar surface area (TPSA) is 66.5 Å². The Hall–Kier alpha value is -0.620. The number of nitrogens with one attached hydrogen (secondary N) is 1. The first kappa shape index (κ1) is 11.5. The normalized spacial score (nSPS) is 24.2. The molecule has 0 aromatic heterocycles. The lowest BCUT2D eigenvalue weighted by Gasteiger charge is -2.16. The first-order valence-electron chi connectivity index (χ1n) is 4.51. The Balaban J connectivity index is 2.89. The molecule has 1 saturated heterocycles. The van der Waals surface area contributed by atoms with Crippen molar-refractivity contribution in [1.82, 2.24) is 9.62 Å². The van der Waals surface area contributed by atoms with E-state index < -0.39 is 15.4 Å². The molecular weight excluding hydrogens is 204 g/mol. The summed E-state index contributed by atoms with van der Waals surface area (Å²) in [5.74, 6) is -0.379. The summed E-state index contributed by atoms with van der Waals surface area (Å²) in [6, 6.07) is 0. The van der Waals surface area contributed by atoms with E-state index in [4.69, 9.17) is 0 Å². The van der Waals surface area contributed by atoms with Crippen molar-refractivity contribution in [2.45, 2.75) is 13.8 Å². The van der Waals surface area contributed by atoms with E-state index in [-0.39, 0.29) is 18.2 Å². The molecule has 0 aliphatic carbocycles. The van der Waals surface area contributed by atoms with Gasteiger partial charge < -0.3 is 5.32 Å². The summed E-state index contributed by atoms with van der Waals surface area (Å²) in [5, 5.41) is 2.82. The first-order chi connectivity index (χ1) is 6.31. The van der Waals surface area contributed by atoms with Crippen molar-refractivity contribution in [2.75, 3.05) is 25.9 Å². The van der Waals surface area contributed by atoms with Gasteiger partial charge >= 0.3 is 0 Å². The minimum atomic E-state index is -3.37. The molecule has 1 rings (SSSR count). The molecule has 1 amide bonds. The van der Waals surface area contributed by atoms with Gasteiger partial charge in [0.2, 0.25) is 15.9 Å². The van der Waals surface area contributed by atoms with Crippen LogP contribution in [0.15, 0.2) is 0 Å². The minimum Gasteiger partial charge on any atom is -0.318 e. The lowest BCUT2D eigenvalue weighted by atomic mass is 9.95. The second-order valence-electron chi connectivity index (χ2n) is 4.12. The molecule has 14 heavy (non-hydrogen) atoms. The van der Waals surface area contributed by atoms with Crippen molar-refractivity contribution in [3.8, 4) is 0 Å². The Morgan fingerprint density at radius 2 is 2.07 bits per heavy atom. The Kier molecular flexibility index (Phi) is 2.87. The number of amides is 1.